The van der Waals surface area contributed by atoms with Gasteiger partial charge < -0.3 is 5.32 Å². The van der Waals surface area contributed by atoms with E-state index in [2.05, 4.69) is 35.4 Å². The summed E-state index contributed by atoms with van der Waals surface area (Å²) in [7, 11) is 2.01. The summed E-state index contributed by atoms with van der Waals surface area (Å²) in [6.07, 6.45) is 2.13. The van der Waals surface area contributed by atoms with Crippen LogP contribution in [-0.2, 0) is 6.42 Å². The first kappa shape index (κ1) is 12.1. The molecule has 3 nitrogen and oxygen atoms in total. The van der Waals surface area contributed by atoms with Crippen LogP contribution >= 0.6 is 0 Å². The molecular weight excluding hydrogens is 186 g/mol. The van der Waals surface area contributed by atoms with Gasteiger partial charge in [-0.3, -0.25) is 0 Å². The van der Waals surface area contributed by atoms with Gasteiger partial charge in [0, 0.05) is 12.5 Å². The molecule has 0 saturated carbocycles. The number of aromatic nitrogens is 2. The standard InChI is InChI=1S/C12H21N3/c1-9(2)7-12(13-4)8-11-6-5-10(3)14-15-11/h5-6,9,12-13H,7-8H2,1-4H3. The summed E-state index contributed by atoms with van der Waals surface area (Å²) in [6, 6.07) is 4.58. The zero-order valence-electron chi connectivity index (χ0n) is 10.1. The maximum Gasteiger partial charge on any atom is 0.0646 e. The van der Waals surface area contributed by atoms with Gasteiger partial charge in [-0.1, -0.05) is 13.8 Å². The number of hydrogen-bond acceptors (Lipinski definition) is 3. The van der Waals surface area contributed by atoms with Crippen molar-refractivity contribution in [1.82, 2.24) is 15.5 Å². The van der Waals surface area contributed by atoms with E-state index < -0.39 is 0 Å². The van der Waals surface area contributed by atoms with Crippen molar-refractivity contribution in [2.45, 2.75) is 39.7 Å². The summed E-state index contributed by atoms with van der Waals surface area (Å²) >= 11 is 0. The molecule has 1 rings (SSSR count). The lowest BCUT2D eigenvalue weighted by molar-refractivity contribution is 0.437. The Morgan fingerprint density at radius 3 is 2.47 bits per heavy atom. The summed E-state index contributed by atoms with van der Waals surface area (Å²) in [6.45, 7) is 6.44. The predicted molar refractivity (Wildman–Crippen MR) is 62.8 cm³/mol. The minimum Gasteiger partial charge on any atom is -0.317 e. The van der Waals surface area contributed by atoms with Gasteiger partial charge in [0.05, 0.1) is 11.4 Å². The largest absolute Gasteiger partial charge is 0.317 e. The zero-order valence-corrected chi connectivity index (χ0v) is 10.1. The molecule has 1 aromatic rings. The maximum atomic E-state index is 4.18. The van der Waals surface area contributed by atoms with Crippen molar-refractivity contribution in [3.63, 3.8) is 0 Å². The van der Waals surface area contributed by atoms with Gasteiger partial charge in [-0.25, -0.2) is 0 Å². The van der Waals surface area contributed by atoms with Crippen LogP contribution in [0, 0.1) is 12.8 Å². The highest BCUT2D eigenvalue weighted by Gasteiger charge is 2.10. The molecule has 0 aliphatic rings. The molecule has 1 aromatic heterocycles. The van der Waals surface area contributed by atoms with Crippen LogP contribution < -0.4 is 5.32 Å². The average molecular weight is 207 g/mol. The Labute approximate surface area is 92.3 Å². The van der Waals surface area contributed by atoms with Gasteiger partial charge in [-0.2, -0.15) is 10.2 Å². The lowest BCUT2D eigenvalue weighted by atomic mass is 10.00. The number of rotatable bonds is 5. The summed E-state index contributed by atoms with van der Waals surface area (Å²) in [5, 5.41) is 11.6. The van der Waals surface area contributed by atoms with E-state index in [4.69, 9.17) is 0 Å². The molecule has 1 atom stereocenters. The summed E-state index contributed by atoms with van der Waals surface area (Å²) in [5.74, 6) is 0.709. The molecule has 1 N–H and O–H groups in total. The van der Waals surface area contributed by atoms with Gasteiger partial charge in [0.15, 0.2) is 0 Å². The van der Waals surface area contributed by atoms with Gasteiger partial charge in [0.2, 0.25) is 0 Å². The summed E-state index contributed by atoms with van der Waals surface area (Å²) in [5.41, 5.74) is 2.05. The van der Waals surface area contributed by atoms with E-state index in [0.29, 0.717) is 12.0 Å². The molecule has 84 valence electrons. The second kappa shape index (κ2) is 5.81. The fourth-order valence-corrected chi connectivity index (χ4v) is 1.66. The highest BCUT2D eigenvalue weighted by Crippen LogP contribution is 2.09. The molecule has 15 heavy (non-hydrogen) atoms. The van der Waals surface area contributed by atoms with Crippen molar-refractivity contribution in [2.75, 3.05) is 7.05 Å². The van der Waals surface area contributed by atoms with Crippen LogP contribution in [0.15, 0.2) is 12.1 Å². The van der Waals surface area contributed by atoms with Crippen molar-refractivity contribution in [3.05, 3.63) is 23.5 Å². The van der Waals surface area contributed by atoms with Crippen LogP contribution in [0.5, 0.6) is 0 Å². The Morgan fingerprint density at radius 1 is 1.27 bits per heavy atom. The fourth-order valence-electron chi connectivity index (χ4n) is 1.66. The number of hydrogen-bond donors (Lipinski definition) is 1. The Morgan fingerprint density at radius 2 is 2.00 bits per heavy atom. The minimum atomic E-state index is 0.502. The molecule has 0 radical (unpaired) electrons. The average Bonchev–Trinajstić information content (AvgIpc) is 2.19. The van der Waals surface area contributed by atoms with Crippen molar-refractivity contribution in [1.29, 1.82) is 0 Å². The maximum absolute atomic E-state index is 4.18. The van der Waals surface area contributed by atoms with E-state index in [0.717, 1.165) is 17.8 Å². The molecule has 0 aliphatic carbocycles. The first-order valence-electron chi connectivity index (χ1n) is 5.58. The highest BCUT2D eigenvalue weighted by molar-refractivity contribution is 5.06. The first-order chi connectivity index (χ1) is 7.11. The van der Waals surface area contributed by atoms with Crippen LogP contribution in [0.2, 0.25) is 0 Å². The van der Waals surface area contributed by atoms with Gasteiger partial charge in [-0.15, -0.1) is 0 Å². The second-order valence-corrected chi connectivity index (χ2v) is 4.49. The minimum absolute atomic E-state index is 0.502. The third-order valence-corrected chi connectivity index (χ3v) is 2.47. The zero-order chi connectivity index (χ0) is 11.3. The van der Waals surface area contributed by atoms with E-state index in [1.807, 2.05) is 20.0 Å². The van der Waals surface area contributed by atoms with E-state index in [1.54, 1.807) is 0 Å². The van der Waals surface area contributed by atoms with E-state index in [1.165, 1.54) is 6.42 Å². The van der Waals surface area contributed by atoms with Crippen molar-refractivity contribution >= 4 is 0 Å². The Kier molecular flexibility index (Phi) is 4.69. The van der Waals surface area contributed by atoms with Crippen LogP contribution in [0.1, 0.15) is 31.7 Å². The number of nitrogens with one attached hydrogen (secondary N) is 1. The smallest absolute Gasteiger partial charge is 0.0646 e. The van der Waals surface area contributed by atoms with Crippen molar-refractivity contribution in [2.24, 2.45) is 5.92 Å². The molecule has 3 heteroatoms. The Balaban J connectivity index is 2.54. The number of aryl methyl sites for hydroxylation is 1. The molecule has 0 spiro atoms. The van der Waals surface area contributed by atoms with Gasteiger partial charge in [-0.05, 0) is 38.4 Å². The SMILES string of the molecule is CNC(Cc1ccc(C)nn1)CC(C)C. The van der Waals surface area contributed by atoms with Crippen LogP contribution in [0.4, 0.5) is 0 Å². The molecule has 0 saturated heterocycles. The number of nitrogens with zero attached hydrogens (tertiary/aromatic N) is 2. The molecule has 1 unspecified atom stereocenters. The topological polar surface area (TPSA) is 37.8 Å². The van der Waals surface area contributed by atoms with E-state index >= 15 is 0 Å². The lowest BCUT2D eigenvalue weighted by Gasteiger charge is -2.17. The van der Waals surface area contributed by atoms with Crippen LogP contribution in [0.3, 0.4) is 0 Å². The van der Waals surface area contributed by atoms with Crippen LogP contribution in [0.25, 0.3) is 0 Å². The second-order valence-electron chi connectivity index (χ2n) is 4.49. The molecule has 0 aliphatic heterocycles. The van der Waals surface area contributed by atoms with Gasteiger partial charge >= 0.3 is 0 Å². The normalized spacial score (nSPS) is 13.1. The van der Waals surface area contributed by atoms with Crippen LogP contribution in [-0.4, -0.2) is 23.3 Å². The Bertz CT molecular complexity index is 279. The first-order valence-corrected chi connectivity index (χ1v) is 5.58. The fraction of sp³-hybridized carbons (Fsp3) is 0.667. The molecule has 0 aromatic carbocycles. The molecule has 0 fully saturated rings. The van der Waals surface area contributed by atoms with E-state index in [-0.39, 0.29) is 0 Å². The highest BCUT2D eigenvalue weighted by atomic mass is 15.1. The molecule has 1 heterocycles. The molecule has 0 amide bonds. The van der Waals surface area contributed by atoms with Crippen molar-refractivity contribution in [3.8, 4) is 0 Å². The molecule has 0 bridgehead atoms. The predicted octanol–water partition coefficient (Wildman–Crippen LogP) is 1.96. The monoisotopic (exact) mass is 207 g/mol. The number of likely N-dealkylation sites (N-methyl/N-ethyl adjacent to an activating group) is 1. The van der Waals surface area contributed by atoms with Gasteiger partial charge in [0.1, 0.15) is 0 Å². The summed E-state index contributed by atoms with van der Waals surface area (Å²) < 4.78 is 0. The van der Waals surface area contributed by atoms with Gasteiger partial charge in [0.25, 0.3) is 0 Å². The lowest BCUT2D eigenvalue weighted by Crippen LogP contribution is -2.29. The quantitative estimate of drug-likeness (QED) is 0.802. The third-order valence-electron chi connectivity index (χ3n) is 2.47. The Hall–Kier alpha value is -0.960. The van der Waals surface area contributed by atoms with Crippen molar-refractivity contribution < 1.29 is 0 Å². The third kappa shape index (κ3) is 4.38. The summed E-state index contributed by atoms with van der Waals surface area (Å²) in [4.78, 5) is 0. The van der Waals surface area contributed by atoms with E-state index in [9.17, 15) is 0 Å². The molecular formula is C12H21N3.